The van der Waals surface area contributed by atoms with E-state index in [0.29, 0.717) is 13.0 Å². The van der Waals surface area contributed by atoms with Gasteiger partial charge in [-0.3, -0.25) is 0 Å². The van der Waals surface area contributed by atoms with Gasteiger partial charge >= 0.3 is 6.18 Å². The summed E-state index contributed by atoms with van der Waals surface area (Å²) < 4.78 is 40.9. The first kappa shape index (κ1) is 7.36. The summed E-state index contributed by atoms with van der Waals surface area (Å²) in [6.07, 6.45) is -5.48. The van der Waals surface area contributed by atoms with E-state index < -0.39 is 18.3 Å². The zero-order valence-electron chi connectivity index (χ0n) is 5.69. The van der Waals surface area contributed by atoms with Crippen molar-refractivity contribution < 1.29 is 17.9 Å². The Bertz CT molecular complexity index is 170. The molecule has 5 heteroatoms. The minimum absolute atomic E-state index is 0.216. The van der Waals surface area contributed by atoms with E-state index in [-0.39, 0.29) is 6.10 Å². The molecule has 2 aliphatic rings. The van der Waals surface area contributed by atoms with Crippen LogP contribution in [0.15, 0.2) is 0 Å². The van der Waals surface area contributed by atoms with Crippen molar-refractivity contribution in [2.45, 2.75) is 30.8 Å². The van der Waals surface area contributed by atoms with Crippen molar-refractivity contribution in [3.63, 3.8) is 0 Å². The molecule has 0 aromatic carbocycles. The van der Waals surface area contributed by atoms with E-state index in [2.05, 4.69) is 5.32 Å². The third kappa shape index (κ3) is 1.12. The van der Waals surface area contributed by atoms with Crippen LogP contribution < -0.4 is 5.32 Å². The van der Waals surface area contributed by atoms with E-state index in [9.17, 15) is 13.2 Å². The number of morpholine rings is 1. The molecule has 64 valence electrons. The van der Waals surface area contributed by atoms with Gasteiger partial charge in [0, 0.05) is 12.6 Å². The van der Waals surface area contributed by atoms with Gasteiger partial charge in [-0.2, -0.15) is 13.2 Å². The average Bonchev–Trinajstić information content (AvgIpc) is 2.42. The number of ether oxygens (including phenoxy) is 1. The lowest BCUT2D eigenvalue weighted by Crippen LogP contribution is -2.47. The molecule has 2 fully saturated rings. The Hall–Kier alpha value is -0.290. The maximum atomic E-state index is 12.1. The van der Waals surface area contributed by atoms with E-state index in [1.807, 2.05) is 0 Å². The van der Waals surface area contributed by atoms with Crippen LogP contribution in [0.5, 0.6) is 0 Å². The van der Waals surface area contributed by atoms with Crippen molar-refractivity contribution in [1.82, 2.24) is 5.32 Å². The molecule has 0 saturated carbocycles. The summed E-state index contributed by atoms with van der Waals surface area (Å²) in [7, 11) is 0. The zero-order valence-corrected chi connectivity index (χ0v) is 5.69. The molecule has 0 unspecified atom stereocenters. The highest BCUT2D eigenvalue weighted by atomic mass is 19.4. The lowest BCUT2D eigenvalue weighted by molar-refractivity contribution is -0.225. The second kappa shape index (κ2) is 2.10. The van der Waals surface area contributed by atoms with Crippen molar-refractivity contribution in [3.05, 3.63) is 0 Å². The van der Waals surface area contributed by atoms with Crippen molar-refractivity contribution in [2.75, 3.05) is 6.54 Å². The highest BCUT2D eigenvalue weighted by molar-refractivity contribution is 4.98. The molecular formula is C6H8F3NO. The summed E-state index contributed by atoms with van der Waals surface area (Å²) >= 11 is 0. The first-order valence-electron chi connectivity index (χ1n) is 3.53. The van der Waals surface area contributed by atoms with Gasteiger partial charge in [-0.15, -0.1) is 0 Å². The van der Waals surface area contributed by atoms with Gasteiger partial charge < -0.3 is 10.1 Å². The maximum absolute atomic E-state index is 12.1. The summed E-state index contributed by atoms with van der Waals surface area (Å²) in [5.74, 6) is 0. The standard InChI is InChI=1S/C6H8F3NO/c7-6(8,9)5-4-1-3(11-5)2-10-4/h3-5,10H,1-2H2/t3-,4-,5-/m0/s1. The van der Waals surface area contributed by atoms with Crippen LogP contribution in [-0.2, 0) is 4.74 Å². The molecule has 2 saturated heterocycles. The fourth-order valence-electron chi connectivity index (χ4n) is 1.67. The number of alkyl halides is 3. The average molecular weight is 167 g/mol. The van der Waals surface area contributed by atoms with E-state index in [0.717, 1.165) is 0 Å². The van der Waals surface area contributed by atoms with Gasteiger partial charge in [0.25, 0.3) is 0 Å². The quantitative estimate of drug-likeness (QED) is 0.572. The smallest absolute Gasteiger partial charge is 0.362 e. The summed E-state index contributed by atoms with van der Waals surface area (Å²) in [5.41, 5.74) is 0. The molecule has 2 aliphatic heterocycles. The minimum Gasteiger partial charge on any atom is -0.362 e. The van der Waals surface area contributed by atoms with Crippen molar-refractivity contribution >= 4 is 0 Å². The van der Waals surface area contributed by atoms with Crippen LogP contribution >= 0.6 is 0 Å². The third-order valence-corrected chi connectivity index (χ3v) is 2.15. The normalized spacial score (nSPS) is 43.4. The third-order valence-electron chi connectivity index (χ3n) is 2.15. The number of rotatable bonds is 0. The molecule has 0 spiro atoms. The van der Waals surface area contributed by atoms with Crippen molar-refractivity contribution in [1.29, 1.82) is 0 Å². The Labute approximate surface area is 61.7 Å². The van der Waals surface area contributed by atoms with Crippen molar-refractivity contribution in [3.8, 4) is 0 Å². The van der Waals surface area contributed by atoms with E-state index >= 15 is 0 Å². The van der Waals surface area contributed by atoms with Gasteiger partial charge in [-0.05, 0) is 6.42 Å². The summed E-state index contributed by atoms with van der Waals surface area (Å²) in [6.45, 7) is 0.567. The SMILES string of the molecule is FC(F)(F)[C@H]1O[C@@H]2CN[C@H]1C2. The minimum atomic E-state index is -4.20. The van der Waals surface area contributed by atoms with Gasteiger partial charge in [0.1, 0.15) is 0 Å². The van der Waals surface area contributed by atoms with Gasteiger partial charge in [0.2, 0.25) is 0 Å². The number of halogens is 3. The van der Waals surface area contributed by atoms with E-state index in [1.54, 1.807) is 0 Å². The lowest BCUT2D eigenvalue weighted by atomic mass is 10.1. The number of hydrogen-bond donors (Lipinski definition) is 1. The maximum Gasteiger partial charge on any atom is 0.416 e. The van der Waals surface area contributed by atoms with Crippen LogP contribution in [0.3, 0.4) is 0 Å². The number of fused-ring (bicyclic) bond motifs is 2. The molecule has 0 amide bonds. The van der Waals surface area contributed by atoms with Gasteiger partial charge in [0.15, 0.2) is 6.10 Å². The van der Waals surface area contributed by atoms with Gasteiger partial charge in [0.05, 0.1) is 6.10 Å². The molecule has 2 nitrogen and oxygen atoms in total. The van der Waals surface area contributed by atoms with Crippen LogP contribution in [0, 0.1) is 0 Å². The first-order chi connectivity index (χ1) is 5.07. The first-order valence-corrected chi connectivity index (χ1v) is 3.53. The fourth-order valence-corrected chi connectivity index (χ4v) is 1.67. The topological polar surface area (TPSA) is 21.3 Å². The highest BCUT2D eigenvalue weighted by Crippen LogP contribution is 2.36. The van der Waals surface area contributed by atoms with Crippen LogP contribution in [0.4, 0.5) is 13.2 Å². The van der Waals surface area contributed by atoms with Gasteiger partial charge in [-0.25, -0.2) is 0 Å². The molecule has 11 heavy (non-hydrogen) atoms. The number of nitrogens with one attached hydrogen (secondary N) is 1. The second-order valence-electron chi connectivity index (χ2n) is 2.97. The molecule has 2 rings (SSSR count). The lowest BCUT2D eigenvalue weighted by Gasteiger charge is -2.25. The Morgan fingerprint density at radius 3 is 2.36 bits per heavy atom. The van der Waals surface area contributed by atoms with Crippen molar-refractivity contribution in [2.24, 2.45) is 0 Å². The second-order valence-corrected chi connectivity index (χ2v) is 2.97. The molecule has 1 N–H and O–H groups in total. The van der Waals surface area contributed by atoms with Crippen LogP contribution in [0.1, 0.15) is 6.42 Å². The van der Waals surface area contributed by atoms with Gasteiger partial charge in [-0.1, -0.05) is 0 Å². The molecule has 0 aromatic heterocycles. The van der Waals surface area contributed by atoms with Crippen LogP contribution in [0.25, 0.3) is 0 Å². The Morgan fingerprint density at radius 1 is 1.36 bits per heavy atom. The molecule has 0 aliphatic carbocycles. The molecule has 3 atom stereocenters. The predicted octanol–water partition coefficient (Wildman–Crippen LogP) is 0.678. The molecule has 0 aromatic rings. The largest absolute Gasteiger partial charge is 0.416 e. The van der Waals surface area contributed by atoms with E-state index in [4.69, 9.17) is 4.74 Å². The summed E-state index contributed by atoms with van der Waals surface area (Å²) in [4.78, 5) is 0. The Morgan fingerprint density at radius 2 is 2.09 bits per heavy atom. The summed E-state index contributed by atoms with van der Waals surface area (Å²) in [5, 5.41) is 2.77. The Balaban J connectivity index is 2.08. The highest BCUT2D eigenvalue weighted by Gasteiger charge is 2.54. The van der Waals surface area contributed by atoms with Crippen LogP contribution in [-0.4, -0.2) is 31.0 Å². The monoisotopic (exact) mass is 167 g/mol. The Kier molecular flexibility index (Phi) is 1.41. The molecule has 2 bridgehead atoms. The predicted molar refractivity (Wildman–Crippen MR) is 31.1 cm³/mol. The van der Waals surface area contributed by atoms with E-state index in [1.165, 1.54) is 0 Å². The van der Waals surface area contributed by atoms with Crippen LogP contribution in [0.2, 0.25) is 0 Å². The zero-order chi connectivity index (χ0) is 8.06. The summed E-state index contributed by atoms with van der Waals surface area (Å²) in [6, 6.07) is -0.500. The molecular weight excluding hydrogens is 159 g/mol. The fraction of sp³-hybridized carbons (Fsp3) is 1.00. The molecule has 0 radical (unpaired) electrons. The molecule has 2 heterocycles. The number of hydrogen-bond acceptors (Lipinski definition) is 2.